The summed E-state index contributed by atoms with van der Waals surface area (Å²) < 4.78 is 24.4. The molecule has 0 aliphatic carbocycles. The molecular weight excluding hydrogens is 560 g/mol. The van der Waals surface area contributed by atoms with Gasteiger partial charge in [0.15, 0.2) is 5.78 Å². The van der Waals surface area contributed by atoms with E-state index in [1.54, 1.807) is 19.3 Å². The van der Waals surface area contributed by atoms with Crippen molar-refractivity contribution in [3.63, 3.8) is 0 Å². The van der Waals surface area contributed by atoms with Gasteiger partial charge in [-0.2, -0.15) is 0 Å². The number of ether oxygens (including phenoxy) is 4. The summed E-state index contributed by atoms with van der Waals surface area (Å²) in [7, 11) is 1.63. The summed E-state index contributed by atoms with van der Waals surface area (Å²) in [4.78, 5) is 13.9. The molecule has 0 fully saturated rings. The average Bonchev–Trinajstić information content (AvgIpc) is 3.08. The van der Waals surface area contributed by atoms with Crippen LogP contribution in [0.25, 0.3) is 6.08 Å². The van der Waals surface area contributed by atoms with Crippen LogP contribution in [-0.2, 0) is 19.8 Å². The molecule has 0 aliphatic heterocycles. The Morgan fingerprint density at radius 3 is 1.67 bits per heavy atom. The Balaban J connectivity index is 1.44. The molecule has 0 N–H and O–H groups in total. The number of benzene rings is 5. The lowest BCUT2D eigenvalue weighted by Gasteiger charge is -2.20. The third-order valence-electron chi connectivity index (χ3n) is 7.75. The van der Waals surface area contributed by atoms with Gasteiger partial charge in [-0.15, -0.1) is 0 Å². The van der Waals surface area contributed by atoms with Crippen molar-refractivity contribution in [1.82, 2.24) is 0 Å². The molecule has 0 amide bonds. The zero-order valence-corrected chi connectivity index (χ0v) is 26.2. The Hall–Kier alpha value is -5.29. The molecule has 5 aromatic carbocycles. The lowest BCUT2D eigenvalue weighted by atomic mass is 9.94. The van der Waals surface area contributed by atoms with Gasteiger partial charge in [-0.05, 0) is 72.9 Å². The maximum atomic E-state index is 13.9. The third-order valence-corrected chi connectivity index (χ3v) is 7.75. The number of carbonyl (C=O) groups is 1. The molecule has 0 saturated heterocycles. The van der Waals surface area contributed by atoms with Crippen molar-refractivity contribution in [3.8, 4) is 23.0 Å². The molecule has 228 valence electrons. The van der Waals surface area contributed by atoms with Crippen LogP contribution in [0.1, 0.15) is 49.3 Å². The highest BCUT2D eigenvalue weighted by Crippen LogP contribution is 2.39. The average molecular weight is 599 g/mol. The van der Waals surface area contributed by atoms with E-state index in [1.807, 2.05) is 130 Å². The zero-order valence-electron chi connectivity index (χ0n) is 26.2. The first-order valence-electron chi connectivity index (χ1n) is 15.0. The second-order valence-corrected chi connectivity index (χ2v) is 10.8. The molecular formula is C40H38O5. The van der Waals surface area contributed by atoms with Crippen molar-refractivity contribution >= 4 is 11.9 Å². The van der Waals surface area contributed by atoms with Crippen molar-refractivity contribution in [1.29, 1.82) is 0 Å². The van der Waals surface area contributed by atoms with Gasteiger partial charge in [0.05, 0.1) is 12.7 Å². The van der Waals surface area contributed by atoms with Gasteiger partial charge in [-0.1, -0.05) is 91.0 Å². The smallest absolute Gasteiger partial charge is 0.190 e. The highest BCUT2D eigenvalue weighted by molar-refractivity contribution is 6.10. The van der Waals surface area contributed by atoms with E-state index in [1.165, 1.54) is 0 Å². The fourth-order valence-electron chi connectivity index (χ4n) is 5.20. The highest BCUT2D eigenvalue weighted by atomic mass is 16.5. The SMILES string of the molecule is COc1c(C)c(C)c(OCc2ccccc2)c(C(=O)/C=C/c2ccc(OCc3ccccc3)cc2OCc2ccccc2)c1C. The van der Waals surface area contributed by atoms with Crippen molar-refractivity contribution in [2.45, 2.75) is 40.6 Å². The fraction of sp³-hybridized carbons (Fsp3) is 0.175. The largest absolute Gasteiger partial charge is 0.496 e. The number of rotatable bonds is 13. The minimum absolute atomic E-state index is 0.185. The van der Waals surface area contributed by atoms with Crippen molar-refractivity contribution in [2.24, 2.45) is 0 Å². The van der Waals surface area contributed by atoms with Crippen LogP contribution in [0.15, 0.2) is 115 Å². The van der Waals surface area contributed by atoms with E-state index in [0.29, 0.717) is 48.4 Å². The molecule has 0 spiro atoms. The van der Waals surface area contributed by atoms with Gasteiger partial charge in [-0.25, -0.2) is 0 Å². The molecule has 5 rings (SSSR count). The Kier molecular flexibility index (Phi) is 10.3. The number of carbonyl (C=O) groups excluding carboxylic acids is 1. The molecule has 5 aromatic rings. The summed E-state index contributed by atoms with van der Waals surface area (Å²) in [6.07, 6.45) is 3.35. The summed E-state index contributed by atoms with van der Waals surface area (Å²) in [6, 6.07) is 35.6. The van der Waals surface area contributed by atoms with Crippen LogP contribution in [0, 0.1) is 20.8 Å². The normalized spacial score (nSPS) is 10.9. The van der Waals surface area contributed by atoms with Crippen molar-refractivity contribution in [2.75, 3.05) is 7.11 Å². The summed E-state index contributed by atoms with van der Waals surface area (Å²) in [5.41, 5.74) is 6.93. The molecule has 0 saturated carbocycles. The number of methoxy groups -OCH3 is 1. The first kappa shape index (κ1) is 31.1. The first-order valence-corrected chi connectivity index (χ1v) is 15.0. The molecule has 0 aliphatic rings. The molecule has 0 bridgehead atoms. The predicted octanol–water partition coefficient (Wildman–Crippen LogP) is 9.25. The number of allylic oxidation sites excluding steroid dienone is 1. The van der Waals surface area contributed by atoms with E-state index in [9.17, 15) is 4.79 Å². The molecule has 0 aromatic heterocycles. The van der Waals surface area contributed by atoms with Crippen molar-refractivity contribution < 1.29 is 23.7 Å². The van der Waals surface area contributed by atoms with Crippen molar-refractivity contribution in [3.05, 3.63) is 160 Å². The molecule has 45 heavy (non-hydrogen) atoms. The highest BCUT2D eigenvalue weighted by Gasteiger charge is 2.23. The van der Waals surface area contributed by atoms with E-state index >= 15 is 0 Å². The Bertz CT molecular complexity index is 1760. The summed E-state index contributed by atoms with van der Waals surface area (Å²) >= 11 is 0. The predicted molar refractivity (Wildman–Crippen MR) is 179 cm³/mol. The maximum absolute atomic E-state index is 13.9. The van der Waals surface area contributed by atoms with E-state index in [-0.39, 0.29) is 5.78 Å². The minimum atomic E-state index is -0.185. The molecule has 0 unspecified atom stereocenters. The maximum Gasteiger partial charge on any atom is 0.190 e. The number of hydrogen-bond donors (Lipinski definition) is 0. The van der Waals surface area contributed by atoms with E-state index < -0.39 is 0 Å². The standard InChI is InChI=1S/C40H38O5/c1-28-29(2)40(45-27-33-18-12-7-13-19-33)38(30(3)39(28)42-4)36(41)23-21-34-20-22-35(43-25-31-14-8-5-9-15-31)24-37(34)44-26-32-16-10-6-11-17-32/h5-24H,25-27H2,1-4H3/b23-21+. The van der Waals surface area contributed by atoms with E-state index in [4.69, 9.17) is 18.9 Å². The molecule has 0 heterocycles. The fourth-order valence-corrected chi connectivity index (χ4v) is 5.20. The molecule has 5 heteroatoms. The van der Waals surface area contributed by atoms with E-state index in [2.05, 4.69) is 0 Å². The third kappa shape index (κ3) is 7.81. The lowest BCUT2D eigenvalue weighted by Crippen LogP contribution is -2.10. The second-order valence-electron chi connectivity index (χ2n) is 10.8. The minimum Gasteiger partial charge on any atom is -0.496 e. The van der Waals surface area contributed by atoms with Gasteiger partial charge in [0, 0.05) is 17.2 Å². The monoisotopic (exact) mass is 598 g/mol. The second kappa shape index (κ2) is 14.9. The zero-order chi connectivity index (χ0) is 31.6. The topological polar surface area (TPSA) is 54.0 Å². The van der Waals surface area contributed by atoms with Gasteiger partial charge in [-0.3, -0.25) is 4.79 Å². The van der Waals surface area contributed by atoms with Crippen LogP contribution >= 0.6 is 0 Å². The molecule has 0 radical (unpaired) electrons. The number of hydrogen-bond acceptors (Lipinski definition) is 5. The van der Waals surface area contributed by atoms with Gasteiger partial charge in [0.2, 0.25) is 0 Å². The van der Waals surface area contributed by atoms with Gasteiger partial charge < -0.3 is 18.9 Å². The summed E-state index contributed by atoms with van der Waals surface area (Å²) in [5.74, 6) is 2.35. The van der Waals surface area contributed by atoms with Gasteiger partial charge >= 0.3 is 0 Å². The Morgan fingerprint density at radius 1 is 0.600 bits per heavy atom. The van der Waals surface area contributed by atoms with Crippen LogP contribution in [-0.4, -0.2) is 12.9 Å². The van der Waals surface area contributed by atoms with E-state index in [0.717, 1.165) is 38.9 Å². The molecule has 5 nitrogen and oxygen atoms in total. The molecule has 0 atom stereocenters. The lowest BCUT2D eigenvalue weighted by molar-refractivity contribution is 0.104. The van der Waals surface area contributed by atoms with Crippen LogP contribution in [0.2, 0.25) is 0 Å². The first-order chi connectivity index (χ1) is 21.9. The van der Waals surface area contributed by atoms with Gasteiger partial charge in [0.1, 0.15) is 42.8 Å². The summed E-state index contributed by atoms with van der Waals surface area (Å²) in [6.45, 7) is 7.00. The van der Waals surface area contributed by atoms with Crippen LogP contribution < -0.4 is 18.9 Å². The van der Waals surface area contributed by atoms with Crippen LogP contribution in [0.4, 0.5) is 0 Å². The van der Waals surface area contributed by atoms with Crippen LogP contribution in [0.3, 0.4) is 0 Å². The number of ketones is 1. The summed E-state index contributed by atoms with van der Waals surface area (Å²) in [5, 5.41) is 0. The van der Waals surface area contributed by atoms with Gasteiger partial charge in [0.25, 0.3) is 0 Å². The Labute approximate surface area is 265 Å². The quantitative estimate of drug-likeness (QED) is 0.0999. The Morgan fingerprint density at radius 2 is 1.11 bits per heavy atom. The van der Waals surface area contributed by atoms with Crippen LogP contribution in [0.5, 0.6) is 23.0 Å².